The number of nitro benzene ring substituents is 1. The number of nitrogens with one attached hydrogen (secondary N) is 2. The average molecular weight is 283 g/mol. The number of nitrogens with zero attached hydrogens (tertiary/aromatic N) is 1. The van der Waals surface area contributed by atoms with Crippen molar-refractivity contribution in [1.82, 2.24) is 5.32 Å². The SMILES string of the molecule is CC(C)CNC(=O)C(C)Nc1cccc(F)c1[N+](=O)[O-]. The highest BCUT2D eigenvalue weighted by Crippen LogP contribution is 2.27. The van der Waals surface area contributed by atoms with E-state index in [0.717, 1.165) is 6.07 Å². The normalized spacial score (nSPS) is 12.1. The van der Waals surface area contributed by atoms with Crippen LogP contribution < -0.4 is 10.6 Å². The van der Waals surface area contributed by atoms with Gasteiger partial charge in [0.05, 0.1) is 4.92 Å². The lowest BCUT2D eigenvalue weighted by Gasteiger charge is -2.16. The molecule has 0 aliphatic carbocycles. The van der Waals surface area contributed by atoms with E-state index in [1.54, 1.807) is 6.92 Å². The van der Waals surface area contributed by atoms with Crippen LogP contribution >= 0.6 is 0 Å². The van der Waals surface area contributed by atoms with Crippen molar-refractivity contribution in [3.8, 4) is 0 Å². The van der Waals surface area contributed by atoms with Crippen LogP contribution in [0.15, 0.2) is 18.2 Å². The second-order valence-electron chi connectivity index (χ2n) is 4.90. The van der Waals surface area contributed by atoms with Crippen LogP contribution in [0.1, 0.15) is 20.8 Å². The number of benzene rings is 1. The van der Waals surface area contributed by atoms with E-state index in [1.165, 1.54) is 12.1 Å². The maximum absolute atomic E-state index is 13.4. The van der Waals surface area contributed by atoms with Gasteiger partial charge in [-0.25, -0.2) is 0 Å². The van der Waals surface area contributed by atoms with Crippen molar-refractivity contribution in [2.75, 3.05) is 11.9 Å². The Labute approximate surface area is 116 Å². The van der Waals surface area contributed by atoms with Crippen molar-refractivity contribution in [1.29, 1.82) is 0 Å². The Bertz CT molecular complexity index is 506. The van der Waals surface area contributed by atoms with Gasteiger partial charge < -0.3 is 10.6 Å². The summed E-state index contributed by atoms with van der Waals surface area (Å²) in [6.45, 7) is 5.98. The van der Waals surface area contributed by atoms with E-state index in [-0.39, 0.29) is 11.6 Å². The van der Waals surface area contributed by atoms with Gasteiger partial charge in [-0.2, -0.15) is 4.39 Å². The minimum absolute atomic E-state index is 0.0119. The van der Waals surface area contributed by atoms with E-state index in [2.05, 4.69) is 10.6 Å². The number of hydrogen-bond acceptors (Lipinski definition) is 4. The van der Waals surface area contributed by atoms with Gasteiger partial charge in [0.1, 0.15) is 11.7 Å². The van der Waals surface area contributed by atoms with Crippen molar-refractivity contribution in [2.24, 2.45) is 5.92 Å². The first-order chi connectivity index (χ1) is 9.32. The highest BCUT2D eigenvalue weighted by atomic mass is 19.1. The van der Waals surface area contributed by atoms with E-state index in [4.69, 9.17) is 0 Å². The second-order valence-corrected chi connectivity index (χ2v) is 4.90. The molecule has 0 saturated heterocycles. The van der Waals surface area contributed by atoms with Gasteiger partial charge in [-0.05, 0) is 25.0 Å². The number of carbonyl (C=O) groups excluding carboxylic acids is 1. The van der Waals surface area contributed by atoms with Crippen molar-refractivity contribution in [3.05, 3.63) is 34.1 Å². The van der Waals surface area contributed by atoms with Crippen molar-refractivity contribution in [3.63, 3.8) is 0 Å². The number of carbonyl (C=O) groups is 1. The van der Waals surface area contributed by atoms with E-state index in [0.29, 0.717) is 12.5 Å². The summed E-state index contributed by atoms with van der Waals surface area (Å²) in [6, 6.07) is 3.03. The van der Waals surface area contributed by atoms with E-state index >= 15 is 0 Å². The average Bonchev–Trinajstić information content (AvgIpc) is 2.35. The number of hydrogen-bond donors (Lipinski definition) is 2. The quantitative estimate of drug-likeness (QED) is 0.619. The Kier molecular flexibility index (Phi) is 5.42. The molecule has 0 aromatic heterocycles. The minimum Gasteiger partial charge on any atom is -0.368 e. The lowest BCUT2D eigenvalue weighted by molar-refractivity contribution is -0.386. The van der Waals surface area contributed by atoms with Gasteiger partial charge in [0.15, 0.2) is 0 Å². The number of rotatable bonds is 6. The summed E-state index contributed by atoms with van der Waals surface area (Å²) in [4.78, 5) is 21.8. The summed E-state index contributed by atoms with van der Waals surface area (Å²) in [6.07, 6.45) is 0. The van der Waals surface area contributed by atoms with E-state index in [9.17, 15) is 19.3 Å². The third-order valence-electron chi connectivity index (χ3n) is 2.62. The van der Waals surface area contributed by atoms with Crippen LogP contribution in [0.4, 0.5) is 15.8 Å². The zero-order valence-electron chi connectivity index (χ0n) is 11.6. The van der Waals surface area contributed by atoms with Crippen molar-refractivity contribution >= 4 is 17.3 Å². The molecule has 1 aromatic carbocycles. The molecule has 0 aliphatic rings. The van der Waals surface area contributed by atoms with Gasteiger partial charge in [0.2, 0.25) is 11.7 Å². The molecule has 20 heavy (non-hydrogen) atoms. The van der Waals surface area contributed by atoms with Crippen LogP contribution in [0.2, 0.25) is 0 Å². The Hall–Kier alpha value is -2.18. The minimum atomic E-state index is -0.935. The van der Waals surface area contributed by atoms with Crippen LogP contribution in [0.5, 0.6) is 0 Å². The molecule has 0 saturated carbocycles. The van der Waals surface area contributed by atoms with Crippen LogP contribution in [0, 0.1) is 21.8 Å². The predicted octanol–water partition coefficient (Wildman–Crippen LogP) is 2.31. The Balaban J connectivity index is 2.80. The van der Waals surface area contributed by atoms with E-state index in [1.807, 2.05) is 13.8 Å². The third-order valence-corrected chi connectivity index (χ3v) is 2.62. The number of nitro groups is 1. The standard InChI is InChI=1S/C13H18FN3O3/c1-8(2)7-15-13(18)9(3)16-11-6-4-5-10(14)12(11)17(19)20/h4-6,8-9,16H,7H2,1-3H3,(H,15,18). The molecule has 0 radical (unpaired) electrons. The maximum atomic E-state index is 13.4. The zero-order valence-corrected chi connectivity index (χ0v) is 11.6. The highest BCUT2D eigenvalue weighted by Gasteiger charge is 2.22. The summed E-state index contributed by atoms with van der Waals surface area (Å²) in [7, 11) is 0. The summed E-state index contributed by atoms with van der Waals surface area (Å²) < 4.78 is 13.4. The molecule has 1 aromatic rings. The monoisotopic (exact) mass is 283 g/mol. The molecule has 110 valence electrons. The van der Waals surface area contributed by atoms with Gasteiger partial charge in [-0.15, -0.1) is 0 Å². The molecule has 0 spiro atoms. The lowest BCUT2D eigenvalue weighted by atomic mass is 10.2. The summed E-state index contributed by atoms with van der Waals surface area (Å²) in [5.41, 5.74) is -0.668. The number of amides is 1. The molecular weight excluding hydrogens is 265 g/mol. The molecule has 7 heteroatoms. The second kappa shape index (κ2) is 6.83. The van der Waals surface area contributed by atoms with Gasteiger partial charge >= 0.3 is 5.69 Å². The Morgan fingerprint density at radius 3 is 2.60 bits per heavy atom. The smallest absolute Gasteiger partial charge is 0.327 e. The Morgan fingerprint density at radius 2 is 2.05 bits per heavy atom. The summed E-state index contributed by atoms with van der Waals surface area (Å²) in [5.74, 6) is -0.929. The van der Waals surface area contributed by atoms with Crippen LogP contribution in [0.25, 0.3) is 0 Å². The Morgan fingerprint density at radius 1 is 1.40 bits per heavy atom. The number of anilines is 1. The predicted molar refractivity (Wildman–Crippen MR) is 74.0 cm³/mol. The van der Waals surface area contributed by atoms with Crippen molar-refractivity contribution < 1.29 is 14.1 Å². The fourth-order valence-corrected chi connectivity index (χ4v) is 1.57. The molecule has 0 fully saturated rings. The van der Waals surface area contributed by atoms with Gasteiger partial charge in [-0.3, -0.25) is 14.9 Å². The molecule has 1 amide bonds. The molecule has 6 nitrogen and oxygen atoms in total. The first-order valence-electron chi connectivity index (χ1n) is 6.30. The summed E-state index contributed by atoms with van der Waals surface area (Å²) in [5, 5.41) is 16.2. The molecular formula is C13H18FN3O3. The first-order valence-corrected chi connectivity index (χ1v) is 6.30. The van der Waals surface area contributed by atoms with Crippen molar-refractivity contribution in [2.45, 2.75) is 26.8 Å². The summed E-state index contributed by atoms with van der Waals surface area (Å²) >= 11 is 0. The molecule has 0 aliphatic heterocycles. The van der Waals surface area contributed by atoms with Gasteiger partial charge in [0.25, 0.3) is 0 Å². The maximum Gasteiger partial charge on any atom is 0.327 e. The fourth-order valence-electron chi connectivity index (χ4n) is 1.57. The molecule has 1 atom stereocenters. The van der Waals surface area contributed by atoms with Gasteiger partial charge in [-0.1, -0.05) is 19.9 Å². The lowest BCUT2D eigenvalue weighted by Crippen LogP contribution is -2.39. The first kappa shape index (κ1) is 15.9. The molecule has 1 rings (SSSR count). The van der Waals surface area contributed by atoms with E-state index < -0.39 is 22.5 Å². The largest absolute Gasteiger partial charge is 0.368 e. The van der Waals surface area contributed by atoms with Crippen LogP contribution in [0.3, 0.4) is 0 Å². The highest BCUT2D eigenvalue weighted by molar-refractivity contribution is 5.85. The third kappa shape index (κ3) is 4.18. The fraction of sp³-hybridized carbons (Fsp3) is 0.462. The zero-order chi connectivity index (χ0) is 15.3. The molecule has 0 heterocycles. The molecule has 0 bridgehead atoms. The van der Waals surface area contributed by atoms with Gasteiger partial charge in [0, 0.05) is 6.54 Å². The number of para-hydroxylation sites is 1. The van der Waals surface area contributed by atoms with Crippen LogP contribution in [-0.2, 0) is 4.79 Å². The molecule has 2 N–H and O–H groups in total. The topological polar surface area (TPSA) is 84.3 Å². The number of halogens is 1. The molecule has 1 unspecified atom stereocenters. The van der Waals surface area contributed by atoms with Crippen LogP contribution in [-0.4, -0.2) is 23.4 Å².